The molecule has 1 aliphatic rings. The molecule has 2 aromatic carbocycles. The maximum Gasteiger partial charge on any atom is 0.166 e. The number of ether oxygens (including phenoxy) is 1. The van der Waals surface area contributed by atoms with Gasteiger partial charge in [-0.2, -0.15) is 0 Å². The Bertz CT molecular complexity index is 1360. The van der Waals surface area contributed by atoms with E-state index in [0.717, 1.165) is 39.9 Å². The molecule has 0 aliphatic carbocycles. The molecule has 2 aromatic heterocycles. The molecule has 0 amide bonds. The second kappa shape index (κ2) is 8.27. The van der Waals surface area contributed by atoms with Crippen molar-refractivity contribution in [1.82, 2.24) is 24.3 Å². The number of rotatable bonds is 3. The first-order valence-electron chi connectivity index (χ1n) is 10.4. The Morgan fingerprint density at radius 2 is 1.91 bits per heavy atom. The quantitative estimate of drug-likeness (QED) is 0.375. The third-order valence-electron chi connectivity index (χ3n) is 5.64. The fraction of sp³-hybridized carbons (Fsp3) is 0.240. The number of fused-ring (bicyclic) bond motifs is 5. The Balaban J connectivity index is 1.61. The largest absolute Gasteiger partial charge is 0.377 e. The molecule has 0 bridgehead atoms. The van der Waals surface area contributed by atoms with Crippen molar-refractivity contribution in [3.8, 4) is 28.9 Å². The number of imidazole rings is 1. The molecule has 0 N–H and O–H groups in total. The van der Waals surface area contributed by atoms with Gasteiger partial charge in [0.15, 0.2) is 11.6 Å². The topological polar surface area (TPSA) is 57.8 Å². The van der Waals surface area contributed by atoms with E-state index in [4.69, 9.17) is 16.3 Å². The van der Waals surface area contributed by atoms with Crippen LogP contribution in [-0.2, 0) is 17.9 Å². The summed E-state index contributed by atoms with van der Waals surface area (Å²) in [6.07, 6.45) is 1.81. The van der Waals surface area contributed by atoms with E-state index < -0.39 is 0 Å². The van der Waals surface area contributed by atoms with Crippen LogP contribution in [0.3, 0.4) is 0 Å². The highest BCUT2D eigenvalue weighted by molar-refractivity contribution is 6.31. The highest BCUT2D eigenvalue weighted by Gasteiger charge is 2.25. The Kier molecular flexibility index (Phi) is 5.30. The van der Waals surface area contributed by atoms with E-state index in [0.29, 0.717) is 24.1 Å². The summed E-state index contributed by atoms with van der Waals surface area (Å²) in [5, 5.41) is 9.41. The van der Waals surface area contributed by atoms with E-state index in [1.807, 2.05) is 29.1 Å². The first-order chi connectivity index (χ1) is 15.5. The number of nitrogens with zero attached hydrogens (tertiary/aromatic N) is 5. The standard InChI is InChI=1S/C25H22ClN5O/c1-16(2)18-7-4-17(5-8-18)6-10-21-23-13-30-24(14-32-3)28-29-25(30)20-12-19(26)9-11-22(20)31(23)15-27-21/h4-5,7-9,11-12,15-16H,13-14H2,1-3H3. The normalized spacial score (nSPS) is 11.9. The lowest BCUT2D eigenvalue weighted by Crippen LogP contribution is -2.09. The number of aromatic nitrogens is 5. The lowest BCUT2D eigenvalue weighted by molar-refractivity contribution is 0.174. The fourth-order valence-corrected chi connectivity index (χ4v) is 4.08. The number of hydrogen-bond donors (Lipinski definition) is 0. The van der Waals surface area contributed by atoms with Crippen molar-refractivity contribution in [2.45, 2.75) is 32.9 Å². The Morgan fingerprint density at radius 1 is 1.09 bits per heavy atom. The van der Waals surface area contributed by atoms with Gasteiger partial charge in [0.2, 0.25) is 0 Å². The van der Waals surface area contributed by atoms with Gasteiger partial charge < -0.3 is 9.30 Å². The first-order valence-corrected chi connectivity index (χ1v) is 10.8. The van der Waals surface area contributed by atoms with Crippen LogP contribution in [0.15, 0.2) is 48.8 Å². The number of benzene rings is 2. The average Bonchev–Trinajstić information content (AvgIpc) is 3.34. The van der Waals surface area contributed by atoms with Crippen LogP contribution in [0.1, 0.15) is 48.1 Å². The summed E-state index contributed by atoms with van der Waals surface area (Å²) in [6.45, 7) is 5.26. The van der Waals surface area contributed by atoms with Gasteiger partial charge in [-0.25, -0.2) is 4.98 Å². The maximum absolute atomic E-state index is 6.32. The predicted molar refractivity (Wildman–Crippen MR) is 124 cm³/mol. The number of halogens is 1. The van der Waals surface area contributed by atoms with E-state index in [1.54, 1.807) is 7.11 Å². The average molecular weight is 444 g/mol. The monoisotopic (exact) mass is 443 g/mol. The minimum atomic E-state index is 0.361. The van der Waals surface area contributed by atoms with Gasteiger partial charge >= 0.3 is 0 Å². The minimum Gasteiger partial charge on any atom is -0.377 e. The molecular weight excluding hydrogens is 422 g/mol. The summed E-state index contributed by atoms with van der Waals surface area (Å²) in [5.74, 6) is 8.52. The van der Waals surface area contributed by atoms with E-state index in [2.05, 4.69) is 69.7 Å². The second-order valence-electron chi connectivity index (χ2n) is 8.06. The SMILES string of the molecule is COCc1nnc2n1Cc1c(C#Cc3ccc(C(C)C)cc3)ncn1-c1ccc(Cl)cc1-2. The summed E-state index contributed by atoms with van der Waals surface area (Å²) in [5.41, 5.74) is 5.79. The molecule has 0 spiro atoms. The van der Waals surface area contributed by atoms with Crippen molar-refractivity contribution in [1.29, 1.82) is 0 Å². The zero-order valence-electron chi connectivity index (χ0n) is 18.1. The predicted octanol–water partition coefficient (Wildman–Crippen LogP) is 4.82. The summed E-state index contributed by atoms with van der Waals surface area (Å²) >= 11 is 6.32. The molecule has 0 saturated heterocycles. The Morgan fingerprint density at radius 3 is 2.66 bits per heavy atom. The Hall–Kier alpha value is -3.40. The third kappa shape index (κ3) is 3.60. The van der Waals surface area contributed by atoms with Crippen molar-refractivity contribution >= 4 is 11.6 Å². The molecular formula is C25H22ClN5O. The molecule has 0 radical (unpaired) electrons. The molecule has 3 heterocycles. The lowest BCUT2D eigenvalue weighted by atomic mass is 10.0. The van der Waals surface area contributed by atoms with Crippen LogP contribution in [0.4, 0.5) is 0 Å². The van der Waals surface area contributed by atoms with Crippen LogP contribution in [0, 0.1) is 11.8 Å². The molecule has 1 aliphatic heterocycles. The van der Waals surface area contributed by atoms with Gasteiger partial charge in [0.05, 0.1) is 17.9 Å². The smallest absolute Gasteiger partial charge is 0.166 e. The van der Waals surface area contributed by atoms with Crippen LogP contribution in [0.5, 0.6) is 0 Å². The molecule has 6 nitrogen and oxygen atoms in total. The summed E-state index contributed by atoms with van der Waals surface area (Å²) in [6, 6.07) is 14.1. The molecule has 7 heteroatoms. The van der Waals surface area contributed by atoms with Crippen molar-refractivity contribution in [3.05, 3.63) is 82.2 Å². The van der Waals surface area contributed by atoms with Gasteiger partial charge in [0.25, 0.3) is 0 Å². The van der Waals surface area contributed by atoms with E-state index in [9.17, 15) is 0 Å². The minimum absolute atomic E-state index is 0.361. The van der Waals surface area contributed by atoms with Crippen LogP contribution < -0.4 is 0 Å². The van der Waals surface area contributed by atoms with Gasteiger partial charge in [0, 0.05) is 23.3 Å². The van der Waals surface area contributed by atoms with Crippen molar-refractivity contribution in [3.63, 3.8) is 0 Å². The summed E-state index contributed by atoms with van der Waals surface area (Å²) < 4.78 is 9.44. The second-order valence-corrected chi connectivity index (χ2v) is 8.49. The van der Waals surface area contributed by atoms with Gasteiger partial charge in [-0.3, -0.25) is 4.57 Å². The zero-order valence-corrected chi connectivity index (χ0v) is 18.9. The Labute approximate surface area is 191 Å². The molecule has 160 valence electrons. The van der Waals surface area contributed by atoms with Crippen LogP contribution in [-0.4, -0.2) is 31.4 Å². The fourth-order valence-electron chi connectivity index (χ4n) is 3.90. The van der Waals surface area contributed by atoms with Crippen LogP contribution in [0.25, 0.3) is 17.1 Å². The van der Waals surface area contributed by atoms with E-state index in [1.165, 1.54) is 5.56 Å². The zero-order chi connectivity index (χ0) is 22.2. The van der Waals surface area contributed by atoms with Crippen molar-refractivity contribution in [2.75, 3.05) is 7.11 Å². The molecule has 0 saturated carbocycles. The van der Waals surface area contributed by atoms with Gasteiger partial charge in [0.1, 0.15) is 18.6 Å². The summed E-state index contributed by atoms with van der Waals surface area (Å²) in [4.78, 5) is 4.63. The molecule has 32 heavy (non-hydrogen) atoms. The number of methoxy groups -OCH3 is 1. The maximum atomic E-state index is 6.32. The highest BCUT2D eigenvalue weighted by atomic mass is 35.5. The van der Waals surface area contributed by atoms with E-state index in [-0.39, 0.29) is 0 Å². The molecule has 0 atom stereocenters. The molecule has 5 rings (SSSR count). The molecule has 0 fully saturated rings. The summed E-state index contributed by atoms with van der Waals surface area (Å²) in [7, 11) is 1.65. The van der Waals surface area contributed by atoms with Crippen LogP contribution >= 0.6 is 11.6 Å². The van der Waals surface area contributed by atoms with Gasteiger partial charge in [-0.05, 0) is 47.7 Å². The lowest BCUT2D eigenvalue weighted by Gasteiger charge is -2.08. The molecule has 0 unspecified atom stereocenters. The van der Waals surface area contributed by atoms with Crippen LogP contribution in [0.2, 0.25) is 5.02 Å². The van der Waals surface area contributed by atoms with E-state index >= 15 is 0 Å². The first kappa shape index (κ1) is 20.5. The highest BCUT2D eigenvalue weighted by Crippen LogP contribution is 2.34. The van der Waals surface area contributed by atoms with Crippen molar-refractivity contribution in [2.24, 2.45) is 0 Å². The van der Waals surface area contributed by atoms with Crippen molar-refractivity contribution < 1.29 is 4.74 Å². The van der Waals surface area contributed by atoms with Gasteiger partial charge in [-0.15, -0.1) is 10.2 Å². The third-order valence-corrected chi connectivity index (χ3v) is 5.87. The number of hydrogen-bond acceptors (Lipinski definition) is 4. The van der Waals surface area contributed by atoms with Gasteiger partial charge in [-0.1, -0.05) is 43.5 Å². The molecule has 4 aromatic rings.